The van der Waals surface area contributed by atoms with Crippen molar-refractivity contribution in [2.45, 2.75) is 38.8 Å². The monoisotopic (exact) mass is 370 g/mol. The van der Waals surface area contributed by atoms with Crippen LogP contribution < -0.4 is 4.90 Å². The average Bonchev–Trinajstić information content (AvgIpc) is 3.12. The summed E-state index contributed by atoms with van der Waals surface area (Å²) in [5, 5.41) is 0. The largest absolute Gasteiger partial charge is 0.373 e. The van der Waals surface area contributed by atoms with E-state index in [1.165, 1.54) is 22.6 Å². The van der Waals surface area contributed by atoms with Crippen LogP contribution >= 0.6 is 11.3 Å². The van der Waals surface area contributed by atoms with Gasteiger partial charge in [0.15, 0.2) is 0 Å². The number of ether oxygens (including phenoxy) is 1. The van der Waals surface area contributed by atoms with Crippen molar-refractivity contribution in [3.05, 3.63) is 51.7 Å². The predicted molar refractivity (Wildman–Crippen MR) is 106 cm³/mol. The minimum absolute atomic E-state index is 0.193. The van der Waals surface area contributed by atoms with Gasteiger partial charge in [0.05, 0.1) is 12.6 Å². The summed E-state index contributed by atoms with van der Waals surface area (Å²) in [7, 11) is 0. The Morgan fingerprint density at radius 1 is 1.15 bits per heavy atom. The van der Waals surface area contributed by atoms with Crippen LogP contribution in [0.3, 0.4) is 0 Å². The van der Waals surface area contributed by atoms with E-state index >= 15 is 0 Å². The van der Waals surface area contributed by atoms with Gasteiger partial charge in [-0.3, -0.25) is 9.69 Å². The van der Waals surface area contributed by atoms with Crippen molar-refractivity contribution in [1.82, 2.24) is 4.90 Å². The Morgan fingerprint density at radius 3 is 2.81 bits per heavy atom. The van der Waals surface area contributed by atoms with Gasteiger partial charge in [0.2, 0.25) is 5.91 Å². The lowest BCUT2D eigenvalue weighted by Gasteiger charge is -2.34. The third-order valence-corrected chi connectivity index (χ3v) is 6.43. The lowest BCUT2D eigenvalue weighted by Crippen LogP contribution is -2.50. The molecular formula is C21H26N2O2S. The van der Waals surface area contributed by atoms with E-state index in [4.69, 9.17) is 4.74 Å². The number of amides is 1. The summed E-state index contributed by atoms with van der Waals surface area (Å²) >= 11 is 1.84. The van der Waals surface area contributed by atoms with E-state index in [9.17, 15) is 4.79 Å². The Kier molecular flexibility index (Phi) is 5.38. The van der Waals surface area contributed by atoms with E-state index in [0.717, 1.165) is 43.9 Å². The standard InChI is InChI=1S/C21H26N2O2S/c1-16-6-2-3-7-18(16)23-12-11-22(15-21(23)24)14-17-9-10-20(26-17)19-8-4-5-13-25-19/h2-3,6-7,9-10,19H,4-5,8,11-15H2,1H3/t19-/m1/s1. The number of hydrogen-bond donors (Lipinski definition) is 0. The second kappa shape index (κ2) is 7.91. The first-order chi connectivity index (χ1) is 12.7. The average molecular weight is 371 g/mol. The van der Waals surface area contributed by atoms with Crippen LogP contribution in [0.15, 0.2) is 36.4 Å². The van der Waals surface area contributed by atoms with E-state index < -0.39 is 0 Å². The topological polar surface area (TPSA) is 32.8 Å². The van der Waals surface area contributed by atoms with E-state index in [2.05, 4.69) is 30.0 Å². The molecule has 2 fully saturated rings. The number of rotatable bonds is 4. The summed E-state index contributed by atoms with van der Waals surface area (Å²) in [6.07, 6.45) is 3.85. The highest BCUT2D eigenvalue weighted by molar-refractivity contribution is 7.12. The van der Waals surface area contributed by atoms with Gasteiger partial charge in [0.25, 0.3) is 0 Å². The van der Waals surface area contributed by atoms with Crippen LogP contribution in [0.4, 0.5) is 5.69 Å². The van der Waals surface area contributed by atoms with Crippen LogP contribution in [-0.4, -0.2) is 37.0 Å². The molecule has 1 aromatic heterocycles. The van der Waals surface area contributed by atoms with Crippen LogP contribution in [0, 0.1) is 6.92 Å². The van der Waals surface area contributed by atoms with Gasteiger partial charge in [-0.2, -0.15) is 0 Å². The maximum atomic E-state index is 12.7. The molecule has 1 aromatic carbocycles. The highest BCUT2D eigenvalue weighted by atomic mass is 32.1. The molecule has 4 nitrogen and oxygen atoms in total. The Morgan fingerprint density at radius 2 is 2.04 bits per heavy atom. The molecule has 1 atom stereocenters. The van der Waals surface area contributed by atoms with E-state index in [1.54, 1.807) is 0 Å². The summed E-state index contributed by atoms with van der Waals surface area (Å²) < 4.78 is 5.89. The summed E-state index contributed by atoms with van der Waals surface area (Å²) in [5.41, 5.74) is 2.20. The normalized spacial score (nSPS) is 22.0. The van der Waals surface area contributed by atoms with E-state index in [-0.39, 0.29) is 12.0 Å². The fraction of sp³-hybridized carbons (Fsp3) is 0.476. The summed E-state index contributed by atoms with van der Waals surface area (Å²) in [5.74, 6) is 0.193. The molecule has 0 spiro atoms. The summed E-state index contributed by atoms with van der Waals surface area (Å²) in [6, 6.07) is 12.5. The second-order valence-electron chi connectivity index (χ2n) is 7.20. The van der Waals surface area contributed by atoms with Gasteiger partial charge in [-0.05, 0) is 49.9 Å². The third kappa shape index (κ3) is 3.85. The number of nitrogens with zero attached hydrogens (tertiary/aromatic N) is 2. The fourth-order valence-electron chi connectivity index (χ4n) is 3.82. The minimum Gasteiger partial charge on any atom is -0.373 e. The molecule has 2 saturated heterocycles. The molecule has 2 aliphatic rings. The highest BCUT2D eigenvalue weighted by Crippen LogP contribution is 2.33. The quantitative estimate of drug-likeness (QED) is 0.811. The Bertz CT molecular complexity index is 767. The number of anilines is 1. The summed E-state index contributed by atoms with van der Waals surface area (Å²) in [6.45, 7) is 5.95. The Balaban J connectivity index is 1.37. The lowest BCUT2D eigenvalue weighted by atomic mass is 10.1. The molecule has 0 unspecified atom stereocenters. The van der Waals surface area contributed by atoms with Crippen molar-refractivity contribution in [2.24, 2.45) is 0 Å². The van der Waals surface area contributed by atoms with Crippen molar-refractivity contribution >= 4 is 22.9 Å². The highest BCUT2D eigenvalue weighted by Gasteiger charge is 2.26. The molecule has 0 N–H and O–H groups in total. The zero-order chi connectivity index (χ0) is 17.9. The fourth-order valence-corrected chi connectivity index (χ4v) is 4.96. The van der Waals surface area contributed by atoms with E-state index in [0.29, 0.717) is 6.54 Å². The molecule has 0 saturated carbocycles. The zero-order valence-electron chi connectivity index (χ0n) is 15.3. The smallest absolute Gasteiger partial charge is 0.241 e. The van der Waals surface area contributed by atoms with Gasteiger partial charge in [-0.15, -0.1) is 11.3 Å². The Hall–Kier alpha value is -1.69. The first kappa shape index (κ1) is 17.7. The molecule has 26 heavy (non-hydrogen) atoms. The van der Waals surface area contributed by atoms with Gasteiger partial charge < -0.3 is 9.64 Å². The number of aryl methyl sites for hydroxylation is 1. The van der Waals surface area contributed by atoms with Crippen molar-refractivity contribution in [1.29, 1.82) is 0 Å². The second-order valence-corrected chi connectivity index (χ2v) is 8.40. The molecule has 1 amide bonds. The molecule has 5 heteroatoms. The molecule has 2 aliphatic heterocycles. The molecule has 0 aliphatic carbocycles. The van der Waals surface area contributed by atoms with Gasteiger partial charge >= 0.3 is 0 Å². The molecule has 2 aromatic rings. The van der Waals surface area contributed by atoms with Gasteiger partial charge in [-0.1, -0.05) is 18.2 Å². The molecule has 4 rings (SSSR count). The minimum atomic E-state index is 0.193. The van der Waals surface area contributed by atoms with Crippen molar-refractivity contribution in [3.8, 4) is 0 Å². The maximum Gasteiger partial charge on any atom is 0.241 e. The predicted octanol–water partition coefficient (Wildman–Crippen LogP) is 4.15. The van der Waals surface area contributed by atoms with Gasteiger partial charge in [0, 0.05) is 41.7 Å². The van der Waals surface area contributed by atoms with Crippen LogP contribution in [0.2, 0.25) is 0 Å². The number of thiophene rings is 1. The first-order valence-electron chi connectivity index (χ1n) is 9.49. The number of para-hydroxylation sites is 1. The van der Waals surface area contributed by atoms with Crippen LogP contribution in [-0.2, 0) is 16.1 Å². The maximum absolute atomic E-state index is 12.7. The summed E-state index contributed by atoms with van der Waals surface area (Å²) in [4.78, 5) is 19.5. The Labute approximate surface area is 159 Å². The molecule has 3 heterocycles. The molecular weight excluding hydrogens is 344 g/mol. The number of hydrogen-bond acceptors (Lipinski definition) is 4. The zero-order valence-corrected chi connectivity index (χ0v) is 16.1. The molecule has 0 radical (unpaired) electrons. The van der Waals surface area contributed by atoms with Crippen molar-refractivity contribution < 1.29 is 9.53 Å². The number of benzene rings is 1. The van der Waals surface area contributed by atoms with Crippen molar-refractivity contribution in [3.63, 3.8) is 0 Å². The van der Waals surface area contributed by atoms with Gasteiger partial charge in [-0.25, -0.2) is 0 Å². The van der Waals surface area contributed by atoms with Crippen LogP contribution in [0.25, 0.3) is 0 Å². The van der Waals surface area contributed by atoms with E-state index in [1.807, 2.05) is 34.4 Å². The molecule has 138 valence electrons. The number of carbonyl (C=O) groups excluding carboxylic acids is 1. The number of carbonyl (C=O) groups is 1. The van der Waals surface area contributed by atoms with Crippen LogP contribution in [0.1, 0.15) is 40.7 Å². The van der Waals surface area contributed by atoms with Crippen molar-refractivity contribution in [2.75, 3.05) is 31.1 Å². The third-order valence-electron chi connectivity index (χ3n) is 5.26. The SMILES string of the molecule is Cc1ccccc1N1CCN(Cc2ccc([C@H]3CCCCO3)s2)CC1=O. The molecule has 0 bridgehead atoms. The lowest BCUT2D eigenvalue weighted by molar-refractivity contribution is -0.121. The van der Waals surface area contributed by atoms with Gasteiger partial charge in [0.1, 0.15) is 0 Å². The number of piperazine rings is 1. The van der Waals surface area contributed by atoms with Crippen LogP contribution in [0.5, 0.6) is 0 Å². The first-order valence-corrected chi connectivity index (χ1v) is 10.3.